The number of hydrogen-bond acceptors (Lipinski definition) is 4. The van der Waals surface area contributed by atoms with Crippen LogP contribution >= 0.6 is 7.37 Å². The van der Waals surface area contributed by atoms with E-state index >= 15 is 0 Å². The van der Waals surface area contributed by atoms with E-state index in [4.69, 9.17) is 14.6 Å². The number of carbonyl (C=O) groups is 1. The lowest BCUT2D eigenvalue weighted by molar-refractivity contribution is -0.137. The molecule has 3 rings (SSSR count). The lowest BCUT2D eigenvalue weighted by Crippen LogP contribution is -2.01. The molecule has 1 aromatic heterocycles. The number of carboxylic acids is 1. The number of aliphatic carboxylic acids is 1. The van der Waals surface area contributed by atoms with Crippen molar-refractivity contribution in [1.82, 2.24) is 4.98 Å². The highest BCUT2D eigenvalue weighted by atomic mass is 31.2. The van der Waals surface area contributed by atoms with E-state index in [-0.39, 0.29) is 30.7 Å². The molecular formula is C27H29FNO4P. The quantitative estimate of drug-likeness (QED) is 0.305. The van der Waals surface area contributed by atoms with Gasteiger partial charge in [-0.25, -0.2) is 9.37 Å². The summed E-state index contributed by atoms with van der Waals surface area (Å²) >= 11 is 0. The van der Waals surface area contributed by atoms with E-state index < -0.39 is 13.3 Å². The van der Waals surface area contributed by atoms with E-state index in [0.29, 0.717) is 5.69 Å². The highest BCUT2D eigenvalue weighted by Gasteiger charge is 2.21. The molecule has 2 aromatic carbocycles. The van der Waals surface area contributed by atoms with Gasteiger partial charge in [-0.2, -0.15) is 0 Å². The SMILES string of the molecule is COP(=O)(/C=C/c1c(C(C)C)cc(-c2ccccc2)nc1-c1ccc(F)cc1)CCCC(=O)O. The Bertz CT molecular complexity index is 1210. The van der Waals surface area contributed by atoms with Gasteiger partial charge in [-0.15, -0.1) is 0 Å². The Hall–Kier alpha value is -3.08. The summed E-state index contributed by atoms with van der Waals surface area (Å²) in [7, 11) is -1.82. The van der Waals surface area contributed by atoms with Crippen molar-refractivity contribution in [2.75, 3.05) is 13.3 Å². The van der Waals surface area contributed by atoms with Gasteiger partial charge in [0.15, 0.2) is 0 Å². The van der Waals surface area contributed by atoms with Gasteiger partial charge in [0.25, 0.3) is 0 Å². The Morgan fingerprint density at radius 1 is 1.12 bits per heavy atom. The Labute approximate surface area is 199 Å². The number of pyridine rings is 1. The second kappa shape index (κ2) is 11.4. The highest BCUT2D eigenvalue weighted by molar-refractivity contribution is 7.62. The molecule has 0 aliphatic carbocycles. The van der Waals surface area contributed by atoms with E-state index in [1.54, 1.807) is 18.2 Å². The van der Waals surface area contributed by atoms with Gasteiger partial charge in [-0.05, 0) is 54.3 Å². The van der Waals surface area contributed by atoms with Gasteiger partial charge in [0.2, 0.25) is 7.37 Å². The molecule has 0 aliphatic rings. The third-order valence-electron chi connectivity index (χ3n) is 5.54. The molecule has 0 saturated carbocycles. The molecule has 0 bridgehead atoms. The number of carboxylic acid groups (broad SMARTS) is 1. The summed E-state index contributed by atoms with van der Waals surface area (Å²) in [6, 6.07) is 18.0. The molecule has 178 valence electrons. The normalized spacial score (nSPS) is 13.3. The van der Waals surface area contributed by atoms with Crippen LogP contribution in [0.1, 0.15) is 43.7 Å². The van der Waals surface area contributed by atoms with Gasteiger partial charge < -0.3 is 9.63 Å². The fourth-order valence-corrected chi connectivity index (χ4v) is 5.11. The summed E-state index contributed by atoms with van der Waals surface area (Å²) in [5, 5.41) is 8.91. The maximum Gasteiger partial charge on any atom is 0.303 e. The van der Waals surface area contributed by atoms with Gasteiger partial charge in [0.05, 0.1) is 11.4 Å². The first-order chi connectivity index (χ1) is 16.2. The van der Waals surface area contributed by atoms with E-state index in [1.807, 2.05) is 36.4 Å². The van der Waals surface area contributed by atoms with E-state index in [0.717, 1.165) is 27.9 Å². The third-order valence-corrected chi connectivity index (χ3v) is 7.70. The molecule has 5 nitrogen and oxygen atoms in total. The molecule has 1 heterocycles. The smallest absolute Gasteiger partial charge is 0.303 e. The molecule has 0 fully saturated rings. The van der Waals surface area contributed by atoms with Gasteiger partial charge in [-0.1, -0.05) is 44.2 Å². The number of hydrogen-bond donors (Lipinski definition) is 1. The van der Waals surface area contributed by atoms with Gasteiger partial charge in [0, 0.05) is 42.2 Å². The molecule has 0 aliphatic heterocycles. The van der Waals surface area contributed by atoms with Gasteiger partial charge >= 0.3 is 5.97 Å². The van der Waals surface area contributed by atoms with Crippen molar-refractivity contribution in [1.29, 1.82) is 0 Å². The summed E-state index contributed by atoms with van der Waals surface area (Å²) in [4.78, 5) is 15.8. The first-order valence-corrected chi connectivity index (χ1v) is 13.0. The van der Waals surface area contributed by atoms with Crippen molar-refractivity contribution in [2.24, 2.45) is 0 Å². The van der Waals surface area contributed by atoms with Crippen molar-refractivity contribution < 1.29 is 23.4 Å². The van der Waals surface area contributed by atoms with Crippen LogP contribution < -0.4 is 0 Å². The largest absolute Gasteiger partial charge is 0.481 e. The summed E-state index contributed by atoms with van der Waals surface area (Å²) in [5.41, 5.74) is 4.90. The van der Waals surface area contributed by atoms with Gasteiger partial charge in [0.1, 0.15) is 5.82 Å². The summed E-state index contributed by atoms with van der Waals surface area (Å²) in [6.45, 7) is 4.14. The average Bonchev–Trinajstić information content (AvgIpc) is 2.83. The minimum Gasteiger partial charge on any atom is -0.481 e. The second-order valence-corrected chi connectivity index (χ2v) is 10.9. The summed E-state index contributed by atoms with van der Waals surface area (Å²) in [5.74, 6) is 0.380. The van der Waals surface area contributed by atoms with Crippen LogP contribution in [0.2, 0.25) is 0 Å². The minimum atomic E-state index is -3.19. The number of halogens is 1. The zero-order chi connectivity index (χ0) is 24.7. The molecule has 1 unspecified atom stereocenters. The predicted molar refractivity (Wildman–Crippen MR) is 135 cm³/mol. The van der Waals surface area contributed by atoms with E-state index in [2.05, 4.69) is 13.8 Å². The standard InChI is InChI=1S/C27H29FNO4P/c1-19(2)24-18-25(20-8-5-4-6-9-20)29-27(21-11-13-22(28)14-12-21)23(24)15-17-34(32,33-3)16-7-10-26(30)31/h4-6,8-9,11-15,17-19H,7,10,16H2,1-3H3,(H,30,31)/b17-15+. The molecule has 7 heteroatoms. The van der Waals surface area contributed by atoms with Crippen molar-refractivity contribution in [3.05, 3.63) is 83.4 Å². The van der Waals surface area contributed by atoms with Crippen molar-refractivity contribution in [2.45, 2.75) is 32.6 Å². The Kier molecular flexibility index (Phi) is 8.54. The Balaban J connectivity index is 2.15. The number of rotatable bonds is 10. The second-order valence-electron chi connectivity index (χ2n) is 8.33. The molecule has 1 atom stereocenters. The van der Waals surface area contributed by atoms with E-state index in [1.165, 1.54) is 25.1 Å². The molecular weight excluding hydrogens is 452 g/mol. The lowest BCUT2D eigenvalue weighted by atomic mass is 9.92. The molecule has 1 N–H and O–H groups in total. The zero-order valence-electron chi connectivity index (χ0n) is 19.6. The number of aromatic nitrogens is 1. The monoisotopic (exact) mass is 481 g/mol. The predicted octanol–water partition coefficient (Wildman–Crippen LogP) is 7.44. The third kappa shape index (κ3) is 6.49. The lowest BCUT2D eigenvalue weighted by Gasteiger charge is -2.18. The molecule has 0 amide bonds. The van der Waals surface area contributed by atoms with Crippen LogP contribution in [0.25, 0.3) is 28.6 Å². The number of benzene rings is 2. The molecule has 34 heavy (non-hydrogen) atoms. The van der Waals surface area contributed by atoms with Crippen molar-refractivity contribution in [3.63, 3.8) is 0 Å². The summed E-state index contributed by atoms with van der Waals surface area (Å²) in [6.07, 6.45) is 2.05. The maximum atomic E-state index is 13.7. The average molecular weight is 482 g/mol. The topological polar surface area (TPSA) is 76.5 Å². The fourth-order valence-electron chi connectivity index (χ4n) is 3.68. The fraction of sp³-hybridized carbons (Fsp3) is 0.259. The summed E-state index contributed by atoms with van der Waals surface area (Å²) < 4.78 is 32.2. The molecule has 0 spiro atoms. The number of nitrogens with zero attached hydrogens (tertiary/aromatic N) is 1. The van der Waals surface area contributed by atoms with Crippen molar-refractivity contribution >= 4 is 19.4 Å². The van der Waals surface area contributed by atoms with Crippen LogP contribution in [-0.2, 0) is 13.9 Å². The van der Waals surface area contributed by atoms with Crippen LogP contribution in [0.3, 0.4) is 0 Å². The van der Waals surface area contributed by atoms with Gasteiger partial charge in [-0.3, -0.25) is 9.36 Å². The highest BCUT2D eigenvalue weighted by Crippen LogP contribution is 2.49. The van der Waals surface area contributed by atoms with Crippen LogP contribution in [0.15, 0.2) is 66.5 Å². The molecule has 3 aromatic rings. The minimum absolute atomic E-state index is 0.0768. The van der Waals surface area contributed by atoms with Crippen LogP contribution in [0.4, 0.5) is 4.39 Å². The zero-order valence-corrected chi connectivity index (χ0v) is 20.5. The molecule has 0 radical (unpaired) electrons. The van der Waals surface area contributed by atoms with Crippen LogP contribution in [0, 0.1) is 5.82 Å². The Morgan fingerprint density at radius 2 is 1.79 bits per heavy atom. The first kappa shape index (κ1) is 25.5. The van der Waals surface area contributed by atoms with Crippen LogP contribution in [0.5, 0.6) is 0 Å². The maximum absolute atomic E-state index is 13.7. The van der Waals surface area contributed by atoms with Crippen molar-refractivity contribution in [3.8, 4) is 22.5 Å². The first-order valence-electron chi connectivity index (χ1n) is 11.1. The molecule has 0 saturated heterocycles. The van der Waals surface area contributed by atoms with E-state index in [9.17, 15) is 13.8 Å². The Morgan fingerprint density at radius 3 is 2.38 bits per heavy atom. The van der Waals surface area contributed by atoms with Crippen LogP contribution in [-0.4, -0.2) is 29.3 Å².